The van der Waals surface area contributed by atoms with Crippen LogP contribution in [0.5, 0.6) is 0 Å². The molecular formula is C7H6FNO2. The predicted molar refractivity (Wildman–Crippen MR) is 35.5 cm³/mol. The van der Waals surface area contributed by atoms with Gasteiger partial charge in [-0.15, -0.1) is 0 Å². The normalized spacial score (nSPS) is 9.27. The molecule has 0 spiro atoms. The van der Waals surface area contributed by atoms with E-state index in [1.54, 1.807) is 0 Å². The second-order valence-corrected chi connectivity index (χ2v) is 1.85. The van der Waals surface area contributed by atoms with Gasteiger partial charge in [0.15, 0.2) is 0 Å². The van der Waals surface area contributed by atoms with Crippen LogP contribution in [0.3, 0.4) is 0 Å². The third kappa shape index (κ3) is 1.73. The maximum Gasteiger partial charge on any atom is 0.356 e. The van der Waals surface area contributed by atoms with Crippen LogP contribution in [0.4, 0.5) is 4.39 Å². The quantitative estimate of drug-likeness (QED) is 0.568. The number of ether oxygens (including phenoxy) is 1. The zero-order valence-corrected chi connectivity index (χ0v) is 5.87. The van der Waals surface area contributed by atoms with Gasteiger partial charge in [-0.1, -0.05) is 0 Å². The third-order valence-corrected chi connectivity index (χ3v) is 1.12. The average Bonchev–Trinajstić information content (AvgIpc) is 2.05. The molecule has 0 aliphatic carbocycles. The number of methoxy groups -OCH3 is 1. The van der Waals surface area contributed by atoms with E-state index in [0.717, 1.165) is 12.3 Å². The van der Waals surface area contributed by atoms with Crippen LogP contribution in [-0.4, -0.2) is 18.1 Å². The molecule has 0 saturated heterocycles. The van der Waals surface area contributed by atoms with Crippen molar-refractivity contribution in [2.75, 3.05) is 7.11 Å². The Balaban J connectivity index is 2.90. The number of nitrogens with zero attached hydrogens (tertiary/aromatic N) is 1. The van der Waals surface area contributed by atoms with Crippen molar-refractivity contribution in [1.29, 1.82) is 0 Å². The molecule has 1 heterocycles. The lowest BCUT2D eigenvalue weighted by molar-refractivity contribution is 0.0594. The molecule has 1 rings (SSSR count). The molecule has 0 saturated carbocycles. The number of rotatable bonds is 1. The van der Waals surface area contributed by atoms with Crippen molar-refractivity contribution in [3.63, 3.8) is 0 Å². The third-order valence-electron chi connectivity index (χ3n) is 1.12. The topological polar surface area (TPSA) is 39.2 Å². The predicted octanol–water partition coefficient (Wildman–Crippen LogP) is 1.01. The number of aromatic nitrogens is 1. The summed E-state index contributed by atoms with van der Waals surface area (Å²) in [6, 6.07) is 2.42. The van der Waals surface area contributed by atoms with E-state index in [9.17, 15) is 9.18 Å². The van der Waals surface area contributed by atoms with Crippen molar-refractivity contribution < 1.29 is 13.9 Å². The molecule has 3 nitrogen and oxygen atoms in total. The monoisotopic (exact) mass is 155 g/mol. The molecule has 58 valence electrons. The van der Waals surface area contributed by atoms with Gasteiger partial charge in [-0.25, -0.2) is 14.2 Å². The molecule has 0 unspecified atom stereocenters. The number of carbonyl (C=O) groups excluding carboxylic acids is 1. The Labute approximate surface area is 62.8 Å². The van der Waals surface area contributed by atoms with Crippen molar-refractivity contribution >= 4 is 5.97 Å². The average molecular weight is 155 g/mol. The minimum atomic E-state index is -0.565. The van der Waals surface area contributed by atoms with E-state index in [2.05, 4.69) is 9.72 Å². The second-order valence-electron chi connectivity index (χ2n) is 1.85. The first-order valence-electron chi connectivity index (χ1n) is 2.94. The van der Waals surface area contributed by atoms with Crippen molar-refractivity contribution in [2.45, 2.75) is 0 Å². The highest BCUT2D eigenvalue weighted by Crippen LogP contribution is 1.98. The van der Waals surface area contributed by atoms with Gasteiger partial charge in [0.2, 0.25) is 0 Å². The minimum absolute atomic E-state index is 0.105. The van der Waals surface area contributed by atoms with Gasteiger partial charge >= 0.3 is 5.97 Å². The fourth-order valence-electron chi connectivity index (χ4n) is 0.601. The van der Waals surface area contributed by atoms with E-state index in [4.69, 9.17) is 0 Å². The number of pyridine rings is 1. The van der Waals surface area contributed by atoms with Crippen LogP contribution >= 0.6 is 0 Å². The SMILES string of the molecule is COC(=O)c1ccc(F)cn1. The maximum atomic E-state index is 12.2. The molecule has 4 heteroatoms. The van der Waals surface area contributed by atoms with Crippen LogP contribution in [0.15, 0.2) is 18.3 Å². The number of hydrogen-bond donors (Lipinski definition) is 0. The molecule has 0 N–H and O–H groups in total. The summed E-state index contributed by atoms with van der Waals surface area (Å²) in [5, 5.41) is 0. The molecule has 0 aromatic carbocycles. The van der Waals surface area contributed by atoms with Crippen molar-refractivity contribution in [3.8, 4) is 0 Å². The molecular weight excluding hydrogens is 149 g/mol. The molecule has 0 aliphatic heterocycles. The van der Waals surface area contributed by atoms with E-state index >= 15 is 0 Å². The first-order valence-corrected chi connectivity index (χ1v) is 2.94. The standard InChI is InChI=1S/C7H6FNO2/c1-11-7(10)6-3-2-5(8)4-9-6/h2-4H,1H3. The molecule has 0 bridgehead atoms. The molecule has 0 aliphatic rings. The van der Waals surface area contributed by atoms with Crippen molar-refractivity contribution in [1.82, 2.24) is 4.98 Å². The summed E-state index contributed by atoms with van der Waals surface area (Å²) in [5.74, 6) is -1.04. The van der Waals surface area contributed by atoms with Gasteiger partial charge in [0, 0.05) is 0 Å². The Morgan fingerprint density at radius 1 is 1.64 bits per heavy atom. The van der Waals surface area contributed by atoms with E-state index in [0.29, 0.717) is 0 Å². The Kier molecular flexibility index (Phi) is 2.15. The van der Waals surface area contributed by atoms with Gasteiger partial charge in [-0.05, 0) is 12.1 Å². The summed E-state index contributed by atoms with van der Waals surface area (Å²) >= 11 is 0. The van der Waals surface area contributed by atoms with Gasteiger partial charge < -0.3 is 4.74 Å². The molecule has 11 heavy (non-hydrogen) atoms. The Morgan fingerprint density at radius 2 is 2.36 bits per heavy atom. The lowest BCUT2D eigenvalue weighted by Crippen LogP contribution is -2.03. The second kappa shape index (κ2) is 3.09. The van der Waals surface area contributed by atoms with E-state index in [-0.39, 0.29) is 5.69 Å². The largest absolute Gasteiger partial charge is 0.464 e. The number of carbonyl (C=O) groups is 1. The summed E-state index contributed by atoms with van der Waals surface area (Å²) in [4.78, 5) is 14.2. The van der Waals surface area contributed by atoms with Gasteiger partial charge in [-0.2, -0.15) is 0 Å². The molecule has 0 atom stereocenters. The van der Waals surface area contributed by atoms with E-state index in [1.807, 2.05) is 0 Å². The molecule has 0 radical (unpaired) electrons. The molecule has 1 aromatic heterocycles. The summed E-state index contributed by atoms with van der Waals surface area (Å²) in [6.45, 7) is 0. The first kappa shape index (κ1) is 7.65. The number of hydrogen-bond acceptors (Lipinski definition) is 3. The highest BCUT2D eigenvalue weighted by Gasteiger charge is 2.04. The smallest absolute Gasteiger partial charge is 0.356 e. The highest BCUT2D eigenvalue weighted by atomic mass is 19.1. The van der Waals surface area contributed by atoms with Gasteiger partial charge in [0.05, 0.1) is 13.3 Å². The van der Waals surface area contributed by atoms with Crippen molar-refractivity contribution in [2.24, 2.45) is 0 Å². The number of esters is 1. The van der Waals surface area contributed by atoms with E-state index in [1.165, 1.54) is 13.2 Å². The summed E-state index contributed by atoms with van der Waals surface area (Å²) in [5.41, 5.74) is 0.105. The van der Waals surface area contributed by atoms with Gasteiger partial charge in [0.1, 0.15) is 11.5 Å². The molecule has 1 aromatic rings. The zero-order valence-electron chi connectivity index (χ0n) is 5.87. The molecule has 0 amide bonds. The lowest BCUT2D eigenvalue weighted by atomic mass is 10.3. The summed E-state index contributed by atoms with van der Waals surface area (Å²) < 4.78 is 16.6. The first-order chi connectivity index (χ1) is 5.24. The minimum Gasteiger partial charge on any atom is -0.464 e. The van der Waals surface area contributed by atoms with E-state index < -0.39 is 11.8 Å². The van der Waals surface area contributed by atoms with Crippen LogP contribution in [-0.2, 0) is 4.74 Å². The number of halogens is 1. The summed E-state index contributed by atoms with van der Waals surface area (Å²) in [7, 11) is 1.24. The Hall–Kier alpha value is -1.45. The maximum absolute atomic E-state index is 12.2. The summed E-state index contributed by atoms with van der Waals surface area (Å²) in [6.07, 6.45) is 0.965. The van der Waals surface area contributed by atoms with Crippen LogP contribution in [0.2, 0.25) is 0 Å². The van der Waals surface area contributed by atoms with Crippen LogP contribution in [0.25, 0.3) is 0 Å². The highest BCUT2D eigenvalue weighted by molar-refractivity contribution is 5.86. The Bertz CT molecular complexity index is 258. The van der Waals surface area contributed by atoms with Crippen LogP contribution in [0.1, 0.15) is 10.5 Å². The van der Waals surface area contributed by atoms with Crippen LogP contribution in [0, 0.1) is 5.82 Å². The fraction of sp³-hybridized carbons (Fsp3) is 0.143. The van der Waals surface area contributed by atoms with Crippen molar-refractivity contribution in [3.05, 3.63) is 29.8 Å². The zero-order chi connectivity index (χ0) is 8.27. The van der Waals surface area contributed by atoms with Gasteiger partial charge in [0.25, 0.3) is 0 Å². The van der Waals surface area contributed by atoms with Crippen LogP contribution < -0.4 is 0 Å². The van der Waals surface area contributed by atoms with Gasteiger partial charge in [-0.3, -0.25) is 0 Å². The molecule has 0 fully saturated rings. The lowest BCUT2D eigenvalue weighted by Gasteiger charge is -1.95. The Morgan fingerprint density at radius 3 is 2.82 bits per heavy atom. The fourth-order valence-corrected chi connectivity index (χ4v) is 0.601.